The Labute approximate surface area is 357 Å². The number of hydrogen-bond acceptors (Lipinski definition) is 4. The van der Waals surface area contributed by atoms with E-state index in [1.807, 2.05) is 12.3 Å². The average molecular weight is 942 g/mol. The van der Waals surface area contributed by atoms with Gasteiger partial charge < -0.3 is 19.2 Å². The zero-order valence-electron chi connectivity index (χ0n) is 35.6. The van der Waals surface area contributed by atoms with Crippen molar-refractivity contribution in [2.45, 2.75) is 106 Å². The summed E-state index contributed by atoms with van der Waals surface area (Å²) in [5.74, 6) is 3.27. The standard InChI is InChI=1S/C52H50N4O.Pt/c1-28-19-34(7)46(35(8)20-28)56-48(54-51(11)27-39-30(3)15-13-16-40(39)52(51,56)12)36-25-44(32(5)23-31(36)4)57-45-26-43-37(24-33(45)6)38-21-29(2)22-42-47(38)55(43)49-41(50(42,9)10)17-14-18-53-49;/h13-24H,27H2,1-12H3;/q-2;+2/t51-,52+;/m1./s1. The SMILES string of the molecule is Cc1cc(C)c(N2C(c3[c-]c(Oc4[c-]c5c(cc4C)c4cc(C)cc6c4n5-c4ncccc4C6(C)C)c(C)cc3C)=N[C@]3(C)Cc4c(C)cccc4[C@]23C)c(C)c1.[Pt+2]. The third-order valence-corrected chi connectivity index (χ3v) is 13.8. The van der Waals surface area contributed by atoms with Crippen molar-refractivity contribution < 1.29 is 25.8 Å². The molecule has 0 radical (unpaired) electrons. The Bertz CT molecular complexity index is 2950. The predicted octanol–water partition coefficient (Wildman–Crippen LogP) is 12.2. The van der Waals surface area contributed by atoms with Crippen molar-refractivity contribution in [3.05, 3.63) is 157 Å². The van der Waals surface area contributed by atoms with E-state index in [4.69, 9.17) is 14.7 Å². The van der Waals surface area contributed by atoms with E-state index in [0.717, 1.165) is 51.2 Å². The number of benzene rings is 5. The molecule has 0 N–H and O–H groups in total. The van der Waals surface area contributed by atoms with Crippen LogP contribution in [0.2, 0.25) is 0 Å². The molecule has 2 aromatic heterocycles. The molecule has 6 heteroatoms. The Kier molecular flexibility index (Phi) is 8.47. The van der Waals surface area contributed by atoms with Crippen LogP contribution in [0.4, 0.5) is 5.69 Å². The normalized spacial score (nSPS) is 19.9. The molecule has 58 heavy (non-hydrogen) atoms. The summed E-state index contributed by atoms with van der Waals surface area (Å²) in [6.45, 7) is 26.9. The number of aromatic nitrogens is 2. The van der Waals surface area contributed by atoms with Crippen LogP contribution in [0.5, 0.6) is 11.5 Å². The van der Waals surface area contributed by atoms with Gasteiger partial charge in [-0.1, -0.05) is 111 Å². The number of aryl methyl sites for hydroxylation is 8. The summed E-state index contributed by atoms with van der Waals surface area (Å²) >= 11 is 0. The number of rotatable bonds is 4. The molecule has 0 saturated heterocycles. The van der Waals surface area contributed by atoms with Crippen LogP contribution >= 0.6 is 0 Å². The molecule has 0 unspecified atom stereocenters. The maximum absolute atomic E-state index is 7.00. The topological polar surface area (TPSA) is 42.6 Å². The van der Waals surface area contributed by atoms with E-state index in [1.54, 1.807) is 0 Å². The average Bonchev–Trinajstić information content (AvgIpc) is 3.66. The fourth-order valence-corrected chi connectivity index (χ4v) is 10.8. The van der Waals surface area contributed by atoms with Crippen molar-refractivity contribution in [2.75, 3.05) is 4.90 Å². The van der Waals surface area contributed by atoms with Crippen LogP contribution in [0, 0.1) is 67.5 Å². The fraction of sp³-hybridized carbons (Fsp3) is 0.308. The molecule has 3 aliphatic rings. The number of ether oxygens (including phenoxy) is 1. The van der Waals surface area contributed by atoms with E-state index < -0.39 is 11.1 Å². The van der Waals surface area contributed by atoms with Crippen molar-refractivity contribution in [3.8, 4) is 17.3 Å². The van der Waals surface area contributed by atoms with Crippen LogP contribution in [0.15, 0.2) is 77.9 Å². The maximum Gasteiger partial charge on any atom is 2.00 e. The largest absolute Gasteiger partial charge is 2.00 e. The van der Waals surface area contributed by atoms with Crippen molar-refractivity contribution in [1.82, 2.24) is 9.55 Å². The van der Waals surface area contributed by atoms with Gasteiger partial charge in [-0.15, -0.1) is 34.2 Å². The molecule has 0 fully saturated rings. The summed E-state index contributed by atoms with van der Waals surface area (Å²) < 4.78 is 9.31. The molecule has 294 valence electrons. The van der Waals surface area contributed by atoms with E-state index in [0.29, 0.717) is 11.5 Å². The minimum absolute atomic E-state index is 0. The van der Waals surface area contributed by atoms with Gasteiger partial charge in [-0.3, -0.25) is 0 Å². The molecule has 1 aliphatic carbocycles. The van der Waals surface area contributed by atoms with Gasteiger partial charge >= 0.3 is 21.1 Å². The molecular formula is C52H50N4OPt. The molecule has 10 rings (SSSR count). The molecule has 0 amide bonds. The van der Waals surface area contributed by atoms with Gasteiger partial charge in [0.15, 0.2) is 0 Å². The number of nitrogens with zero attached hydrogens (tertiary/aromatic N) is 4. The molecule has 0 bridgehead atoms. The van der Waals surface area contributed by atoms with E-state index in [1.165, 1.54) is 66.7 Å². The van der Waals surface area contributed by atoms with Crippen molar-refractivity contribution in [2.24, 2.45) is 4.99 Å². The Morgan fingerprint density at radius 3 is 2.07 bits per heavy atom. The van der Waals surface area contributed by atoms with Crippen LogP contribution in [-0.2, 0) is 38.4 Å². The third-order valence-electron chi connectivity index (χ3n) is 13.8. The van der Waals surface area contributed by atoms with Gasteiger partial charge in [-0.2, -0.15) is 6.07 Å². The number of aliphatic imine (C=N–C) groups is 1. The number of pyridine rings is 1. The zero-order chi connectivity index (χ0) is 40.1. The van der Waals surface area contributed by atoms with Crippen molar-refractivity contribution in [3.63, 3.8) is 0 Å². The van der Waals surface area contributed by atoms with E-state index in [2.05, 4.69) is 165 Å². The van der Waals surface area contributed by atoms with Gasteiger partial charge in [0, 0.05) is 39.9 Å². The van der Waals surface area contributed by atoms with Gasteiger partial charge in [0.25, 0.3) is 0 Å². The Hall–Kier alpha value is -4.99. The minimum Gasteiger partial charge on any atom is -0.502 e. The second kappa shape index (κ2) is 12.8. The number of amidine groups is 1. The summed E-state index contributed by atoms with van der Waals surface area (Å²) in [7, 11) is 0. The third kappa shape index (κ3) is 5.05. The molecule has 0 spiro atoms. The second-order valence-electron chi connectivity index (χ2n) is 18.2. The first kappa shape index (κ1) is 38.5. The van der Waals surface area contributed by atoms with E-state index >= 15 is 0 Å². The molecule has 5 nitrogen and oxygen atoms in total. The summed E-state index contributed by atoms with van der Waals surface area (Å²) in [5, 5.41) is 2.38. The Morgan fingerprint density at radius 1 is 0.655 bits per heavy atom. The first-order valence-corrected chi connectivity index (χ1v) is 20.3. The monoisotopic (exact) mass is 941 g/mol. The number of fused-ring (bicyclic) bond motifs is 8. The Morgan fingerprint density at radius 2 is 1.33 bits per heavy atom. The van der Waals surface area contributed by atoms with Crippen molar-refractivity contribution in [1.29, 1.82) is 0 Å². The molecule has 4 heterocycles. The van der Waals surface area contributed by atoms with Crippen LogP contribution in [-0.4, -0.2) is 20.9 Å². The van der Waals surface area contributed by atoms with Crippen LogP contribution < -0.4 is 9.64 Å². The van der Waals surface area contributed by atoms with Gasteiger partial charge in [0.1, 0.15) is 5.82 Å². The van der Waals surface area contributed by atoms with Gasteiger partial charge in [-0.25, -0.2) is 4.98 Å². The quantitative estimate of drug-likeness (QED) is 0.165. The molecule has 7 aromatic rings. The number of hydrogen-bond donors (Lipinski definition) is 0. The molecule has 2 aliphatic heterocycles. The zero-order valence-corrected chi connectivity index (χ0v) is 37.9. The number of anilines is 1. The first-order chi connectivity index (χ1) is 27.0. The fourth-order valence-electron chi connectivity index (χ4n) is 10.8. The predicted molar refractivity (Wildman–Crippen MR) is 234 cm³/mol. The van der Waals surface area contributed by atoms with Gasteiger partial charge in [-0.05, 0) is 99.7 Å². The molecule has 5 aromatic carbocycles. The molecular weight excluding hydrogens is 892 g/mol. The molecule has 0 saturated carbocycles. The smallest absolute Gasteiger partial charge is 0.502 e. The maximum atomic E-state index is 7.00. The first-order valence-electron chi connectivity index (χ1n) is 20.3. The van der Waals surface area contributed by atoms with Gasteiger partial charge in [0.2, 0.25) is 0 Å². The minimum atomic E-state index is -0.412. The summed E-state index contributed by atoms with van der Waals surface area (Å²) in [4.78, 5) is 13.3. The summed E-state index contributed by atoms with van der Waals surface area (Å²) in [6, 6.07) is 32.4. The summed E-state index contributed by atoms with van der Waals surface area (Å²) in [6.07, 6.45) is 2.77. The van der Waals surface area contributed by atoms with Crippen LogP contribution in [0.3, 0.4) is 0 Å². The van der Waals surface area contributed by atoms with E-state index in [-0.39, 0.29) is 26.5 Å². The van der Waals surface area contributed by atoms with Gasteiger partial charge in [0.05, 0.1) is 16.9 Å². The summed E-state index contributed by atoms with van der Waals surface area (Å²) in [5.41, 5.74) is 18.1. The van der Waals surface area contributed by atoms with Crippen LogP contribution in [0.25, 0.3) is 27.6 Å². The van der Waals surface area contributed by atoms with Crippen LogP contribution in [0.1, 0.15) is 100 Å². The van der Waals surface area contributed by atoms with Crippen molar-refractivity contribution >= 4 is 33.3 Å². The van der Waals surface area contributed by atoms with E-state index in [9.17, 15) is 0 Å². The second-order valence-corrected chi connectivity index (χ2v) is 18.2. The molecule has 2 atom stereocenters. The Balaban J connectivity index is 0.00000436.